The zero-order chi connectivity index (χ0) is 8.73. The van der Waals surface area contributed by atoms with Gasteiger partial charge < -0.3 is 10.1 Å². The molecule has 2 heterocycles. The van der Waals surface area contributed by atoms with Crippen LogP contribution in [0.5, 0.6) is 0 Å². The first-order valence-corrected chi connectivity index (χ1v) is 5.70. The number of nitrogens with one attached hydrogen (secondary N) is 1. The molecule has 0 amide bonds. The van der Waals surface area contributed by atoms with Gasteiger partial charge in [0, 0.05) is 13.2 Å². The highest BCUT2D eigenvalue weighted by molar-refractivity contribution is 5.03. The Bertz CT molecular complexity index is 180. The fourth-order valence-electron chi connectivity index (χ4n) is 3.92. The van der Waals surface area contributed by atoms with Gasteiger partial charge in [-0.1, -0.05) is 0 Å². The Morgan fingerprint density at radius 2 is 1.62 bits per heavy atom. The number of piperidine rings is 1. The third kappa shape index (κ3) is 1.08. The van der Waals surface area contributed by atoms with Crippen LogP contribution in [0.15, 0.2) is 0 Å². The molecule has 74 valence electrons. The summed E-state index contributed by atoms with van der Waals surface area (Å²) in [5.41, 5.74) is 0.698. The van der Waals surface area contributed by atoms with Crippen molar-refractivity contribution >= 4 is 0 Å². The monoisotopic (exact) mass is 181 g/mol. The van der Waals surface area contributed by atoms with E-state index in [0.29, 0.717) is 5.41 Å². The molecule has 13 heavy (non-hydrogen) atoms. The minimum Gasteiger partial charge on any atom is -0.381 e. The normalized spacial score (nSPS) is 42.5. The lowest BCUT2D eigenvalue weighted by atomic mass is 9.65. The van der Waals surface area contributed by atoms with Crippen molar-refractivity contribution < 1.29 is 4.74 Å². The van der Waals surface area contributed by atoms with Crippen molar-refractivity contribution in [3.8, 4) is 0 Å². The molecule has 2 atom stereocenters. The average Bonchev–Trinajstić information content (AvgIpc) is 2.43. The SMILES string of the molecule is C1CC2(CCO1)C1CCC2CNC1. The van der Waals surface area contributed by atoms with Crippen LogP contribution in [0.25, 0.3) is 0 Å². The Balaban J connectivity index is 1.87. The van der Waals surface area contributed by atoms with Crippen LogP contribution >= 0.6 is 0 Å². The summed E-state index contributed by atoms with van der Waals surface area (Å²) in [6, 6.07) is 0. The average molecular weight is 181 g/mol. The number of hydrogen-bond acceptors (Lipinski definition) is 2. The standard InChI is InChI=1S/C11H19NO/c1-2-10-8-12-7-9(1)11(10)3-5-13-6-4-11/h9-10,12H,1-8H2. The van der Waals surface area contributed by atoms with E-state index in [-0.39, 0.29) is 0 Å². The van der Waals surface area contributed by atoms with Gasteiger partial charge in [-0.3, -0.25) is 0 Å². The van der Waals surface area contributed by atoms with Crippen molar-refractivity contribution in [1.82, 2.24) is 5.32 Å². The van der Waals surface area contributed by atoms with E-state index < -0.39 is 0 Å². The van der Waals surface area contributed by atoms with Crippen LogP contribution in [0, 0.1) is 17.3 Å². The predicted octanol–water partition coefficient (Wildman–Crippen LogP) is 1.41. The van der Waals surface area contributed by atoms with Crippen molar-refractivity contribution in [2.24, 2.45) is 17.3 Å². The van der Waals surface area contributed by atoms with Gasteiger partial charge in [0.15, 0.2) is 0 Å². The smallest absolute Gasteiger partial charge is 0.0471 e. The molecule has 3 rings (SSSR count). The van der Waals surface area contributed by atoms with Crippen LogP contribution in [-0.4, -0.2) is 26.3 Å². The molecular weight excluding hydrogens is 162 g/mol. The van der Waals surface area contributed by atoms with Crippen LogP contribution < -0.4 is 5.32 Å². The lowest BCUT2D eigenvalue weighted by Crippen LogP contribution is -2.49. The van der Waals surface area contributed by atoms with Gasteiger partial charge in [0.25, 0.3) is 0 Å². The molecule has 1 aliphatic carbocycles. The maximum Gasteiger partial charge on any atom is 0.0471 e. The van der Waals surface area contributed by atoms with Crippen LogP contribution in [-0.2, 0) is 4.74 Å². The second kappa shape index (κ2) is 2.96. The van der Waals surface area contributed by atoms with Gasteiger partial charge in [-0.25, -0.2) is 0 Å². The summed E-state index contributed by atoms with van der Waals surface area (Å²) >= 11 is 0. The van der Waals surface area contributed by atoms with Gasteiger partial charge >= 0.3 is 0 Å². The highest BCUT2D eigenvalue weighted by Crippen LogP contribution is 2.55. The molecule has 0 radical (unpaired) electrons. The number of hydrogen-bond donors (Lipinski definition) is 1. The molecule has 3 aliphatic rings. The van der Waals surface area contributed by atoms with E-state index >= 15 is 0 Å². The van der Waals surface area contributed by atoms with Crippen molar-refractivity contribution in [3.63, 3.8) is 0 Å². The van der Waals surface area contributed by atoms with Crippen LogP contribution in [0.4, 0.5) is 0 Å². The van der Waals surface area contributed by atoms with E-state index in [1.54, 1.807) is 0 Å². The fraction of sp³-hybridized carbons (Fsp3) is 1.00. The quantitative estimate of drug-likeness (QED) is 0.610. The summed E-state index contributed by atoms with van der Waals surface area (Å²) in [5, 5.41) is 3.58. The maximum atomic E-state index is 5.50. The van der Waals surface area contributed by atoms with E-state index in [2.05, 4.69) is 5.32 Å². The van der Waals surface area contributed by atoms with E-state index in [1.165, 1.54) is 38.8 Å². The first kappa shape index (κ1) is 8.25. The van der Waals surface area contributed by atoms with Gasteiger partial charge in [-0.2, -0.15) is 0 Å². The van der Waals surface area contributed by atoms with Gasteiger partial charge in [0.05, 0.1) is 0 Å². The van der Waals surface area contributed by atoms with Gasteiger partial charge in [-0.15, -0.1) is 0 Å². The van der Waals surface area contributed by atoms with Crippen molar-refractivity contribution in [2.45, 2.75) is 25.7 Å². The molecule has 2 bridgehead atoms. The molecule has 1 saturated carbocycles. The number of rotatable bonds is 0. The first-order chi connectivity index (χ1) is 6.42. The van der Waals surface area contributed by atoms with E-state index in [1.807, 2.05) is 0 Å². The van der Waals surface area contributed by atoms with Gasteiger partial charge in [-0.05, 0) is 56.0 Å². The topological polar surface area (TPSA) is 21.3 Å². The molecule has 1 spiro atoms. The summed E-state index contributed by atoms with van der Waals surface area (Å²) in [6.45, 7) is 4.59. The maximum absolute atomic E-state index is 5.50. The second-order valence-electron chi connectivity index (χ2n) is 4.97. The van der Waals surface area contributed by atoms with Crippen molar-refractivity contribution in [2.75, 3.05) is 26.3 Å². The highest BCUT2D eigenvalue weighted by atomic mass is 16.5. The lowest BCUT2D eigenvalue weighted by Gasteiger charge is -2.46. The molecule has 0 aromatic carbocycles. The lowest BCUT2D eigenvalue weighted by molar-refractivity contribution is -0.0416. The Kier molecular flexibility index (Phi) is 1.88. The Labute approximate surface area is 80.0 Å². The molecule has 0 aromatic rings. The predicted molar refractivity (Wildman–Crippen MR) is 51.6 cm³/mol. The largest absolute Gasteiger partial charge is 0.381 e. The van der Waals surface area contributed by atoms with E-state index in [0.717, 1.165) is 25.0 Å². The minimum absolute atomic E-state index is 0.698. The van der Waals surface area contributed by atoms with Crippen molar-refractivity contribution in [1.29, 1.82) is 0 Å². The van der Waals surface area contributed by atoms with Crippen LogP contribution in [0.1, 0.15) is 25.7 Å². The molecule has 2 aliphatic heterocycles. The Morgan fingerprint density at radius 1 is 1.00 bits per heavy atom. The van der Waals surface area contributed by atoms with Gasteiger partial charge in [0.1, 0.15) is 0 Å². The van der Waals surface area contributed by atoms with Gasteiger partial charge in [0.2, 0.25) is 0 Å². The second-order valence-corrected chi connectivity index (χ2v) is 4.97. The first-order valence-electron chi connectivity index (χ1n) is 5.70. The Hall–Kier alpha value is -0.0800. The summed E-state index contributed by atoms with van der Waals surface area (Å²) in [4.78, 5) is 0. The zero-order valence-corrected chi connectivity index (χ0v) is 8.22. The van der Waals surface area contributed by atoms with Crippen LogP contribution in [0.3, 0.4) is 0 Å². The summed E-state index contributed by atoms with van der Waals surface area (Å²) in [7, 11) is 0. The molecule has 1 N–H and O–H groups in total. The third-order valence-corrected chi connectivity index (χ3v) is 4.69. The summed E-state index contributed by atoms with van der Waals surface area (Å²) < 4.78 is 5.50. The summed E-state index contributed by atoms with van der Waals surface area (Å²) in [6.07, 6.45) is 5.61. The molecular formula is C11H19NO. The highest BCUT2D eigenvalue weighted by Gasteiger charge is 2.51. The van der Waals surface area contributed by atoms with E-state index in [9.17, 15) is 0 Å². The molecule has 2 nitrogen and oxygen atoms in total. The fourth-order valence-corrected chi connectivity index (χ4v) is 3.92. The minimum atomic E-state index is 0.698. The molecule has 0 aromatic heterocycles. The van der Waals surface area contributed by atoms with Crippen LogP contribution in [0.2, 0.25) is 0 Å². The Morgan fingerprint density at radius 3 is 2.23 bits per heavy atom. The number of ether oxygens (including phenoxy) is 1. The third-order valence-electron chi connectivity index (χ3n) is 4.69. The zero-order valence-electron chi connectivity index (χ0n) is 8.22. The molecule has 2 unspecified atom stereocenters. The molecule has 2 saturated heterocycles. The summed E-state index contributed by atoms with van der Waals surface area (Å²) in [5.74, 6) is 1.94. The molecule has 2 heteroatoms. The van der Waals surface area contributed by atoms with E-state index in [4.69, 9.17) is 4.74 Å². The molecule has 3 fully saturated rings. The van der Waals surface area contributed by atoms with Crippen molar-refractivity contribution in [3.05, 3.63) is 0 Å².